The van der Waals surface area contributed by atoms with Gasteiger partial charge in [0.15, 0.2) is 0 Å². The number of fused-ring (bicyclic) bond motifs is 1. The minimum Gasteiger partial charge on any atom is -0.311 e. The van der Waals surface area contributed by atoms with Gasteiger partial charge in [-0.3, -0.25) is 4.68 Å². The summed E-state index contributed by atoms with van der Waals surface area (Å²) in [5.74, 6) is 0.537. The molecule has 19 heavy (non-hydrogen) atoms. The third kappa shape index (κ3) is 2.17. The Bertz CT molecular complexity index is 546. The Hall–Kier alpha value is -1.32. The van der Waals surface area contributed by atoms with Gasteiger partial charge in [-0.05, 0) is 36.9 Å². The van der Waals surface area contributed by atoms with Crippen LogP contribution in [0.2, 0.25) is 5.02 Å². The molecule has 1 N–H and O–H groups in total. The van der Waals surface area contributed by atoms with E-state index in [-0.39, 0.29) is 6.04 Å². The first-order chi connectivity index (χ1) is 9.20. The lowest BCUT2D eigenvalue weighted by atomic mass is 9.94. The lowest BCUT2D eigenvalue weighted by Gasteiger charge is -2.23. The summed E-state index contributed by atoms with van der Waals surface area (Å²) in [6.45, 7) is 0. The number of nitrogens with one attached hydrogen (secondary N) is 1. The van der Waals surface area contributed by atoms with E-state index in [1.54, 1.807) is 6.20 Å². The van der Waals surface area contributed by atoms with Crippen LogP contribution in [0.4, 0.5) is 0 Å². The molecule has 1 aliphatic rings. The first kappa shape index (κ1) is 12.7. The van der Waals surface area contributed by atoms with Crippen molar-refractivity contribution in [1.82, 2.24) is 15.1 Å². The first-order valence-electron chi connectivity index (χ1n) is 6.62. The highest BCUT2D eigenvalue weighted by Crippen LogP contribution is 2.37. The summed E-state index contributed by atoms with van der Waals surface area (Å²) >= 11 is 6.28. The molecule has 0 bridgehead atoms. The predicted molar refractivity (Wildman–Crippen MR) is 77.4 cm³/mol. The van der Waals surface area contributed by atoms with Gasteiger partial charge in [0.2, 0.25) is 0 Å². The Kier molecular flexibility index (Phi) is 3.33. The molecule has 1 aromatic carbocycles. The molecule has 2 aromatic rings. The van der Waals surface area contributed by atoms with Crippen molar-refractivity contribution in [2.75, 3.05) is 7.05 Å². The van der Waals surface area contributed by atoms with E-state index < -0.39 is 0 Å². The highest BCUT2D eigenvalue weighted by Gasteiger charge is 2.31. The van der Waals surface area contributed by atoms with E-state index >= 15 is 0 Å². The van der Waals surface area contributed by atoms with Gasteiger partial charge in [-0.25, -0.2) is 0 Å². The van der Waals surface area contributed by atoms with E-state index in [2.05, 4.69) is 34.7 Å². The van der Waals surface area contributed by atoms with Crippen molar-refractivity contribution >= 4 is 11.6 Å². The van der Waals surface area contributed by atoms with Crippen LogP contribution in [-0.2, 0) is 19.9 Å². The van der Waals surface area contributed by atoms with Gasteiger partial charge >= 0.3 is 0 Å². The van der Waals surface area contributed by atoms with Gasteiger partial charge in [0.25, 0.3) is 0 Å². The third-order valence-electron chi connectivity index (χ3n) is 4.10. The molecule has 100 valence electrons. The van der Waals surface area contributed by atoms with Crippen molar-refractivity contribution < 1.29 is 0 Å². The normalized spacial score (nSPS) is 16.6. The second-order valence-electron chi connectivity index (χ2n) is 5.20. The smallest absolute Gasteiger partial charge is 0.0834 e. The molecule has 0 spiro atoms. The van der Waals surface area contributed by atoms with Gasteiger partial charge < -0.3 is 5.32 Å². The fourth-order valence-electron chi connectivity index (χ4n) is 3.19. The largest absolute Gasteiger partial charge is 0.311 e. The van der Waals surface area contributed by atoms with Crippen molar-refractivity contribution in [1.29, 1.82) is 0 Å². The van der Waals surface area contributed by atoms with Crippen LogP contribution in [0.15, 0.2) is 30.5 Å². The van der Waals surface area contributed by atoms with Crippen molar-refractivity contribution in [2.24, 2.45) is 13.0 Å². The molecule has 1 atom stereocenters. The maximum Gasteiger partial charge on any atom is 0.0834 e. The number of aryl methyl sites for hydroxylation is 1. The molecule has 0 saturated heterocycles. The Morgan fingerprint density at radius 2 is 1.95 bits per heavy atom. The van der Waals surface area contributed by atoms with Crippen LogP contribution in [0, 0.1) is 5.92 Å². The zero-order valence-corrected chi connectivity index (χ0v) is 12.0. The molecule has 0 fully saturated rings. The van der Waals surface area contributed by atoms with E-state index in [0.29, 0.717) is 5.92 Å². The van der Waals surface area contributed by atoms with Crippen LogP contribution in [-0.4, -0.2) is 16.8 Å². The Labute approximate surface area is 118 Å². The highest BCUT2D eigenvalue weighted by atomic mass is 35.5. The summed E-state index contributed by atoms with van der Waals surface area (Å²) in [6.07, 6.45) is 3.93. The summed E-state index contributed by atoms with van der Waals surface area (Å²) in [5, 5.41) is 8.42. The number of nitrogens with zero attached hydrogens (tertiary/aromatic N) is 2. The second kappa shape index (κ2) is 4.99. The molecule has 0 saturated carbocycles. The molecule has 1 aromatic heterocycles. The summed E-state index contributed by atoms with van der Waals surface area (Å²) in [5.41, 5.74) is 4.01. The predicted octanol–water partition coefficient (Wildman–Crippen LogP) is 2.75. The van der Waals surface area contributed by atoms with Crippen molar-refractivity contribution in [3.63, 3.8) is 0 Å². The quantitative estimate of drug-likeness (QED) is 0.933. The molecule has 0 amide bonds. The monoisotopic (exact) mass is 275 g/mol. The molecule has 1 unspecified atom stereocenters. The molecule has 1 aliphatic carbocycles. The van der Waals surface area contributed by atoms with Crippen LogP contribution >= 0.6 is 11.6 Å². The number of benzene rings is 1. The number of halogens is 1. The molecule has 0 radical (unpaired) electrons. The zero-order chi connectivity index (χ0) is 13.4. The average Bonchev–Trinajstić information content (AvgIpc) is 2.97. The maximum atomic E-state index is 6.28. The fraction of sp³-hybridized carbons (Fsp3) is 0.400. The first-order valence-corrected chi connectivity index (χ1v) is 7.00. The lowest BCUT2D eigenvalue weighted by Crippen LogP contribution is -2.28. The van der Waals surface area contributed by atoms with Crippen LogP contribution in [0.25, 0.3) is 0 Å². The topological polar surface area (TPSA) is 29.9 Å². The Morgan fingerprint density at radius 1 is 1.32 bits per heavy atom. The number of aromatic nitrogens is 2. The van der Waals surface area contributed by atoms with Gasteiger partial charge in [-0.1, -0.05) is 35.9 Å². The number of rotatable bonds is 3. The minimum absolute atomic E-state index is 0.243. The SMILES string of the molecule is CNC(c1c(Cl)cnn1C)C1Cc2ccccc2C1. The van der Waals surface area contributed by atoms with E-state index in [4.69, 9.17) is 11.6 Å². The van der Waals surface area contributed by atoms with Crippen LogP contribution in [0.1, 0.15) is 22.9 Å². The third-order valence-corrected chi connectivity index (χ3v) is 4.39. The molecule has 3 rings (SSSR count). The number of hydrogen-bond donors (Lipinski definition) is 1. The van der Waals surface area contributed by atoms with Gasteiger partial charge in [-0.2, -0.15) is 5.10 Å². The summed E-state index contributed by atoms with van der Waals surface area (Å²) in [7, 11) is 3.95. The maximum absolute atomic E-state index is 6.28. The molecular formula is C15H18ClN3. The lowest BCUT2D eigenvalue weighted by molar-refractivity contribution is 0.377. The van der Waals surface area contributed by atoms with E-state index in [1.165, 1.54) is 11.1 Å². The second-order valence-corrected chi connectivity index (χ2v) is 5.61. The standard InChI is InChI=1S/C15H18ClN3/c1-17-14(15-13(16)9-18-19(15)2)12-7-10-5-3-4-6-11(10)8-12/h3-6,9,12,14,17H,7-8H2,1-2H3. The van der Waals surface area contributed by atoms with Crippen LogP contribution in [0.5, 0.6) is 0 Å². The summed E-state index contributed by atoms with van der Waals surface area (Å²) in [4.78, 5) is 0. The van der Waals surface area contributed by atoms with E-state index in [9.17, 15) is 0 Å². The fourth-order valence-corrected chi connectivity index (χ4v) is 3.48. The van der Waals surface area contributed by atoms with Gasteiger partial charge in [-0.15, -0.1) is 0 Å². The van der Waals surface area contributed by atoms with Crippen molar-refractivity contribution in [3.8, 4) is 0 Å². The van der Waals surface area contributed by atoms with Crippen LogP contribution in [0.3, 0.4) is 0 Å². The summed E-state index contributed by atoms with van der Waals surface area (Å²) in [6, 6.07) is 8.94. The molecule has 1 heterocycles. The molecular weight excluding hydrogens is 258 g/mol. The average molecular weight is 276 g/mol. The van der Waals surface area contributed by atoms with Gasteiger partial charge in [0.1, 0.15) is 0 Å². The van der Waals surface area contributed by atoms with E-state index in [1.807, 2.05) is 18.8 Å². The van der Waals surface area contributed by atoms with Gasteiger partial charge in [0, 0.05) is 7.05 Å². The Morgan fingerprint density at radius 3 is 2.42 bits per heavy atom. The highest BCUT2D eigenvalue weighted by molar-refractivity contribution is 6.31. The van der Waals surface area contributed by atoms with Gasteiger partial charge in [0.05, 0.1) is 23.0 Å². The van der Waals surface area contributed by atoms with Crippen molar-refractivity contribution in [2.45, 2.75) is 18.9 Å². The zero-order valence-electron chi connectivity index (χ0n) is 11.2. The summed E-state index contributed by atoms with van der Waals surface area (Å²) < 4.78 is 1.88. The van der Waals surface area contributed by atoms with E-state index in [0.717, 1.165) is 23.6 Å². The molecule has 3 nitrogen and oxygen atoms in total. The molecule has 0 aliphatic heterocycles. The number of hydrogen-bond acceptors (Lipinski definition) is 2. The Balaban J connectivity index is 1.90. The van der Waals surface area contributed by atoms with Crippen molar-refractivity contribution in [3.05, 3.63) is 52.3 Å². The minimum atomic E-state index is 0.243. The van der Waals surface area contributed by atoms with Crippen LogP contribution < -0.4 is 5.32 Å². The molecule has 4 heteroatoms.